The number of hydrogen-bond donors (Lipinski definition) is 1. The second kappa shape index (κ2) is 8.09. The lowest BCUT2D eigenvalue weighted by molar-refractivity contribution is -0.0838. The van der Waals surface area contributed by atoms with Crippen molar-refractivity contribution in [1.82, 2.24) is 10.3 Å². The van der Waals surface area contributed by atoms with E-state index in [4.69, 9.17) is 9.47 Å². The fourth-order valence-corrected chi connectivity index (χ4v) is 4.04. The van der Waals surface area contributed by atoms with Gasteiger partial charge in [0.2, 0.25) is 0 Å². The van der Waals surface area contributed by atoms with E-state index in [0.29, 0.717) is 18.0 Å². The Hall–Kier alpha value is -2.40. The molecule has 0 spiro atoms. The van der Waals surface area contributed by atoms with E-state index in [-0.39, 0.29) is 16.9 Å². The van der Waals surface area contributed by atoms with Gasteiger partial charge >= 0.3 is 0 Å². The first-order valence-corrected chi connectivity index (χ1v) is 9.42. The van der Waals surface area contributed by atoms with Crippen LogP contribution in [0.4, 0.5) is 0 Å². The Balaban J connectivity index is 1.71. The van der Waals surface area contributed by atoms with Gasteiger partial charge in [0, 0.05) is 30.8 Å². The predicted octanol–water partition coefficient (Wildman–Crippen LogP) is 3.74. The van der Waals surface area contributed by atoms with Crippen LogP contribution in [0.25, 0.3) is 0 Å². The number of nitrogens with one attached hydrogen (secondary N) is 1. The number of benzene rings is 1. The van der Waals surface area contributed by atoms with Gasteiger partial charge in [-0.1, -0.05) is 30.3 Å². The maximum Gasteiger partial charge on any atom is 0.270 e. The molecule has 1 fully saturated rings. The quantitative estimate of drug-likeness (QED) is 0.844. The first-order chi connectivity index (χ1) is 12.9. The SMILES string of the molecule is COc1ccnc(C(=O)NCC[C@@]2(c3ccccc3)CCOC(C)(C)C2)c1. The smallest absolute Gasteiger partial charge is 0.270 e. The maximum atomic E-state index is 12.5. The zero-order valence-electron chi connectivity index (χ0n) is 16.3. The topological polar surface area (TPSA) is 60.5 Å². The Morgan fingerprint density at radius 2 is 2.04 bits per heavy atom. The summed E-state index contributed by atoms with van der Waals surface area (Å²) in [5.74, 6) is 0.450. The van der Waals surface area contributed by atoms with Gasteiger partial charge in [-0.05, 0) is 44.7 Å². The van der Waals surface area contributed by atoms with E-state index in [1.807, 2.05) is 6.07 Å². The summed E-state index contributed by atoms with van der Waals surface area (Å²) >= 11 is 0. The highest BCUT2D eigenvalue weighted by atomic mass is 16.5. The number of nitrogens with zero attached hydrogens (tertiary/aromatic N) is 1. The van der Waals surface area contributed by atoms with Crippen LogP contribution in [0.3, 0.4) is 0 Å². The van der Waals surface area contributed by atoms with Crippen LogP contribution < -0.4 is 10.1 Å². The molecule has 2 aromatic rings. The molecule has 5 nitrogen and oxygen atoms in total. The van der Waals surface area contributed by atoms with Crippen LogP contribution in [0.15, 0.2) is 48.7 Å². The number of methoxy groups -OCH3 is 1. The Morgan fingerprint density at radius 3 is 2.74 bits per heavy atom. The van der Waals surface area contributed by atoms with Crippen LogP contribution in [-0.4, -0.2) is 36.8 Å². The van der Waals surface area contributed by atoms with Crippen LogP contribution in [0, 0.1) is 0 Å². The van der Waals surface area contributed by atoms with Crippen molar-refractivity contribution in [2.45, 2.75) is 44.1 Å². The monoisotopic (exact) mass is 368 g/mol. The summed E-state index contributed by atoms with van der Waals surface area (Å²) in [4.78, 5) is 16.6. The van der Waals surface area contributed by atoms with Crippen molar-refractivity contribution >= 4 is 5.91 Å². The van der Waals surface area contributed by atoms with Crippen LogP contribution >= 0.6 is 0 Å². The predicted molar refractivity (Wildman–Crippen MR) is 105 cm³/mol. The highest BCUT2D eigenvalue weighted by Crippen LogP contribution is 2.43. The average Bonchev–Trinajstić information content (AvgIpc) is 2.68. The number of aromatic nitrogens is 1. The third-order valence-corrected chi connectivity index (χ3v) is 5.31. The molecule has 1 aromatic carbocycles. The molecule has 2 heterocycles. The number of hydrogen-bond acceptors (Lipinski definition) is 4. The van der Waals surface area contributed by atoms with Gasteiger partial charge in [0.15, 0.2) is 0 Å². The Kier molecular flexibility index (Phi) is 5.80. The van der Waals surface area contributed by atoms with Crippen molar-refractivity contribution in [1.29, 1.82) is 0 Å². The highest BCUT2D eigenvalue weighted by Gasteiger charge is 2.41. The molecule has 1 amide bonds. The molecular weight excluding hydrogens is 340 g/mol. The van der Waals surface area contributed by atoms with E-state index in [9.17, 15) is 4.79 Å². The van der Waals surface area contributed by atoms with Crippen molar-refractivity contribution < 1.29 is 14.3 Å². The molecule has 5 heteroatoms. The minimum absolute atomic E-state index is 0.00189. The van der Waals surface area contributed by atoms with Gasteiger partial charge in [0.1, 0.15) is 11.4 Å². The Bertz CT molecular complexity index is 776. The summed E-state index contributed by atoms with van der Waals surface area (Å²) in [5, 5.41) is 3.02. The molecule has 27 heavy (non-hydrogen) atoms. The van der Waals surface area contributed by atoms with E-state index in [1.54, 1.807) is 25.4 Å². The van der Waals surface area contributed by atoms with Crippen LogP contribution in [0.1, 0.15) is 49.2 Å². The first-order valence-electron chi connectivity index (χ1n) is 9.42. The molecule has 1 atom stereocenters. The molecule has 1 aromatic heterocycles. The van der Waals surface area contributed by atoms with Gasteiger partial charge in [-0.15, -0.1) is 0 Å². The summed E-state index contributed by atoms with van der Waals surface area (Å²) in [7, 11) is 1.58. The number of ether oxygens (including phenoxy) is 2. The van der Waals surface area contributed by atoms with Gasteiger partial charge in [-0.2, -0.15) is 0 Å². The van der Waals surface area contributed by atoms with Gasteiger partial charge < -0.3 is 14.8 Å². The summed E-state index contributed by atoms with van der Waals surface area (Å²) in [6, 6.07) is 14.0. The van der Waals surface area contributed by atoms with Crippen LogP contribution in [-0.2, 0) is 10.2 Å². The van der Waals surface area contributed by atoms with Crippen LogP contribution in [0.2, 0.25) is 0 Å². The first kappa shape index (κ1) is 19.4. The summed E-state index contributed by atoms with van der Waals surface area (Å²) < 4.78 is 11.1. The van der Waals surface area contributed by atoms with Crippen LogP contribution in [0.5, 0.6) is 5.75 Å². The van der Waals surface area contributed by atoms with E-state index >= 15 is 0 Å². The Morgan fingerprint density at radius 1 is 1.26 bits per heavy atom. The normalized spacial score (nSPS) is 21.4. The maximum absolute atomic E-state index is 12.5. The molecule has 0 unspecified atom stereocenters. The van der Waals surface area contributed by atoms with Gasteiger partial charge in [0.05, 0.1) is 12.7 Å². The molecule has 1 N–H and O–H groups in total. The standard InChI is InChI=1S/C22H28N2O3/c1-21(2)16-22(11-14-27-21,17-7-5-4-6-8-17)10-13-24-20(25)19-15-18(26-3)9-12-23-19/h4-9,12,15H,10-11,13-14,16H2,1-3H3,(H,24,25)/t22-/m1/s1. The number of amides is 1. The second-order valence-corrected chi connectivity index (χ2v) is 7.77. The third kappa shape index (κ3) is 4.66. The van der Waals surface area contributed by atoms with Gasteiger partial charge in [-0.25, -0.2) is 0 Å². The highest BCUT2D eigenvalue weighted by molar-refractivity contribution is 5.92. The molecule has 0 saturated carbocycles. The third-order valence-electron chi connectivity index (χ3n) is 5.31. The molecule has 1 saturated heterocycles. The fraction of sp³-hybridized carbons (Fsp3) is 0.455. The lowest BCUT2D eigenvalue weighted by Crippen LogP contribution is -2.45. The Labute approximate surface area is 161 Å². The van der Waals surface area contributed by atoms with Crippen molar-refractivity contribution in [2.24, 2.45) is 0 Å². The number of rotatable bonds is 6. The van der Waals surface area contributed by atoms with E-state index in [0.717, 1.165) is 25.9 Å². The largest absolute Gasteiger partial charge is 0.497 e. The molecule has 144 valence electrons. The minimum atomic E-state index is -0.177. The van der Waals surface area contributed by atoms with Crippen molar-refractivity contribution in [3.63, 3.8) is 0 Å². The molecule has 1 aliphatic rings. The molecule has 0 bridgehead atoms. The molecule has 0 radical (unpaired) electrons. The number of carbonyl (C=O) groups is 1. The summed E-state index contributed by atoms with van der Waals surface area (Å²) in [5.41, 5.74) is 1.51. The lowest BCUT2D eigenvalue weighted by Gasteiger charge is -2.45. The van der Waals surface area contributed by atoms with Gasteiger partial charge in [-0.3, -0.25) is 9.78 Å². The molecular formula is C22H28N2O3. The van der Waals surface area contributed by atoms with Crippen molar-refractivity contribution in [3.05, 3.63) is 59.9 Å². The molecule has 0 aliphatic carbocycles. The summed E-state index contributed by atoms with van der Waals surface area (Å²) in [6.07, 6.45) is 4.32. The average molecular weight is 368 g/mol. The number of pyridine rings is 1. The van der Waals surface area contributed by atoms with Crippen molar-refractivity contribution in [3.8, 4) is 5.75 Å². The van der Waals surface area contributed by atoms with E-state index in [2.05, 4.69) is 48.4 Å². The van der Waals surface area contributed by atoms with Crippen molar-refractivity contribution in [2.75, 3.05) is 20.3 Å². The molecule has 3 rings (SSSR count). The number of carbonyl (C=O) groups excluding carboxylic acids is 1. The lowest BCUT2D eigenvalue weighted by atomic mass is 9.67. The molecule has 1 aliphatic heterocycles. The summed E-state index contributed by atoms with van der Waals surface area (Å²) in [6.45, 7) is 5.60. The van der Waals surface area contributed by atoms with E-state index in [1.165, 1.54) is 5.56 Å². The fourth-order valence-electron chi connectivity index (χ4n) is 4.04. The minimum Gasteiger partial charge on any atom is -0.497 e. The zero-order valence-corrected chi connectivity index (χ0v) is 16.3. The van der Waals surface area contributed by atoms with Gasteiger partial charge in [0.25, 0.3) is 5.91 Å². The van der Waals surface area contributed by atoms with E-state index < -0.39 is 0 Å². The second-order valence-electron chi connectivity index (χ2n) is 7.77. The zero-order chi connectivity index (χ0) is 19.3.